The molecule has 1 N–H and O–H groups in total. The average molecular weight is 227 g/mol. The highest BCUT2D eigenvalue weighted by Crippen LogP contribution is 2.33. The minimum atomic E-state index is -1.04. The van der Waals surface area contributed by atoms with E-state index < -0.39 is 6.17 Å². The molecular formula is C12H18FNO2. The van der Waals surface area contributed by atoms with Gasteiger partial charge in [-0.3, -0.25) is 0 Å². The van der Waals surface area contributed by atoms with Gasteiger partial charge in [0.25, 0.3) is 0 Å². The molecule has 0 aliphatic rings. The van der Waals surface area contributed by atoms with Gasteiger partial charge in [-0.25, -0.2) is 4.39 Å². The molecular weight excluding hydrogens is 209 g/mol. The lowest BCUT2D eigenvalue weighted by atomic mass is 10.0. The minimum absolute atomic E-state index is 0.288. The second-order valence-electron chi connectivity index (χ2n) is 3.59. The maximum absolute atomic E-state index is 13.8. The number of hydrogen-bond donors (Lipinski definition) is 1. The smallest absolute Gasteiger partial charge is 0.161 e. The summed E-state index contributed by atoms with van der Waals surface area (Å²) in [5.41, 5.74) is 1.49. The Labute approximate surface area is 95.6 Å². The van der Waals surface area contributed by atoms with Crippen LogP contribution >= 0.6 is 0 Å². The lowest BCUT2D eigenvalue weighted by Gasteiger charge is -2.15. The summed E-state index contributed by atoms with van der Waals surface area (Å²) < 4.78 is 24.1. The van der Waals surface area contributed by atoms with E-state index in [0.29, 0.717) is 17.1 Å². The van der Waals surface area contributed by atoms with E-state index in [1.165, 1.54) is 0 Å². The molecule has 0 radical (unpaired) electrons. The normalized spacial score (nSPS) is 12.3. The zero-order chi connectivity index (χ0) is 12.1. The number of aryl methyl sites for hydroxylation is 1. The van der Waals surface area contributed by atoms with Crippen molar-refractivity contribution in [2.24, 2.45) is 0 Å². The van der Waals surface area contributed by atoms with Crippen molar-refractivity contribution in [3.63, 3.8) is 0 Å². The summed E-state index contributed by atoms with van der Waals surface area (Å²) in [4.78, 5) is 0. The highest BCUT2D eigenvalue weighted by atomic mass is 19.1. The van der Waals surface area contributed by atoms with Gasteiger partial charge in [-0.05, 0) is 37.2 Å². The maximum Gasteiger partial charge on any atom is 0.161 e. The summed E-state index contributed by atoms with van der Waals surface area (Å²) in [5, 5.41) is 2.81. The van der Waals surface area contributed by atoms with Gasteiger partial charge in [0.1, 0.15) is 6.17 Å². The SMILES string of the molecule is CNCC(F)c1cc(OC)c(OC)cc1C. The van der Waals surface area contributed by atoms with Gasteiger partial charge in [-0.1, -0.05) is 0 Å². The van der Waals surface area contributed by atoms with Crippen molar-refractivity contribution >= 4 is 0 Å². The molecule has 90 valence electrons. The quantitative estimate of drug-likeness (QED) is 0.836. The van der Waals surface area contributed by atoms with Crippen molar-refractivity contribution in [1.29, 1.82) is 0 Å². The molecule has 0 spiro atoms. The Kier molecular flexibility index (Phi) is 4.55. The fourth-order valence-electron chi connectivity index (χ4n) is 1.62. The summed E-state index contributed by atoms with van der Waals surface area (Å²) in [7, 11) is 4.84. The molecule has 0 fully saturated rings. The standard InChI is InChI=1S/C12H18FNO2/c1-8-5-11(15-3)12(16-4)6-9(8)10(13)7-14-2/h5-6,10,14H,7H2,1-4H3. The van der Waals surface area contributed by atoms with Gasteiger partial charge in [0.15, 0.2) is 11.5 Å². The number of methoxy groups -OCH3 is 2. The molecule has 16 heavy (non-hydrogen) atoms. The third-order valence-electron chi connectivity index (χ3n) is 2.49. The Hall–Kier alpha value is -1.29. The lowest BCUT2D eigenvalue weighted by molar-refractivity contribution is 0.327. The molecule has 3 nitrogen and oxygen atoms in total. The van der Waals surface area contributed by atoms with Crippen LogP contribution in [0.15, 0.2) is 12.1 Å². The number of benzene rings is 1. The molecule has 0 aromatic heterocycles. The number of ether oxygens (including phenoxy) is 2. The zero-order valence-corrected chi connectivity index (χ0v) is 10.1. The van der Waals surface area contributed by atoms with Crippen LogP contribution in [-0.4, -0.2) is 27.8 Å². The first kappa shape index (κ1) is 12.8. The number of alkyl halides is 1. The van der Waals surface area contributed by atoms with Crippen LogP contribution in [0, 0.1) is 6.92 Å². The van der Waals surface area contributed by atoms with Crippen molar-refractivity contribution in [2.75, 3.05) is 27.8 Å². The largest absolute Gasteiger partial charge is 0.493 e. The monoisotopic (exact) mass is 227 g/mol. The van der Waals surface area contributed by atoms with Gasteiger partial charge >= 0.3 is 0 Å². The minimum Gasteiger partial charge on any atom is -0.493 e. The highest BCUT2D eigenvalue weighted by molar-refractivity contribution is 5.47. The highest BCUT2D eigenvalue weighted by Gasteiger charge is 2.15. The van der Waals surface area contributed by atoms with Gasteiger partial charge in [0, 0.05) is 6.54 Å². The molecule has 1 rings (SSSR count). The van der Waals surface area contributed by atoms with E-state index in [1.807, 2.05) is 6.92 Å². The van der Waals surface area contributed by atoms with Gasteiger partial charge in [0.2, 0.25) is 0 Å². The topological polar surface area (TPSA) is 30.5 Å². The van der Waals surface area contributed by atoms with Gasteiger partial charge in [-0.15, -0.1) is 0 Å². The third-order valence-corrected chi connectivity index (χ3v) is 2.49. The number of halogens is 1. The van der Waals surface area contributed by atoms with Crippen LogP contribution in [-0.2, 0) is 0 Å². The Morgan fingerprint density at radius 2 is 1.81 bits per heavy atom. The lowest BCUT2D eigenvalue weighted by Crippen LogP contribution is -2.14. The summed E-state index contributed by atoms with van der Waals surface area (Å²) in [6.07, 6.45) is -1.04. The molecule has 0 aliphatic heterocycles. The van der Waals surface area contributed by atoms with Gasteiger partial charge in [-0.2, -0.15) is 0 Å². The second-order valence-corrected chi connectivity index (χ2v) is 3.59. The number of rotatable bonds is 5. The fourth-order valence-corrected chi connectivity index (χ4v) is 1.62. The average Bonchev–Trinajstić information content (AvgIpc) is 2.28. The molecule has 0 aliphatic carbocycles. The Bertz CT molecular complexity index is 355. The van der Waals surface area contributed by atoms with Crippen LogP contribution in [0.1, 0.15) is 17.3 Å². The van der Waals surface area contributed by atoms with Crippen LogP contribution in [0.2, 0.25) is 0 Å². The van der Waals surface area contributed by atoms with Crippen molar-refractivity contribution in [2.45, 2.75) is 13.1 Å². The van der Waals surface area contributed by atoms with Crippen molar-refractivity contribution in [3.8, 4) is 11.5 Å². The van der Waals surface area contributed by atoms with Crippen LogP contribution in [0.25, 0.3) is 0 Å². The molecule has 1 aromatic carbocycles. The van der Waals surface area contributed by atoms with Crippen LogP contribution < -0.4 is 14.8 Å². The first-order chi connectivity index (χ1) is 7.63. The summed E-state index contributed by atoms with van der Waals surface area (Å²) >= 11 is 0. The Morgan fingerprint density at radius 1 is 1.25 bits per heavy atom. The molecule has 0 saturated carbocycles. The predicted octanol–water partition coefficient (Wildman–Crippen LogP) is 2.24. The fraction of sp³-hybridized carbons (Fsp3) is 0.500. The predicted molar refractivity (Wildman–Crippen MR) is 62.1 cm³/mol. The van der Waals surface area contributed by atoms with Crippen LogP contribution in [0.3, 0.4) is 0 Å². The number of likely N-dealkylation sites (N-methyl/N-ethyl adjacent to an activating group) is 1. The summed E-state index contributed by atoms with van der Waals surface area (Å²) in [6.45, 7) is 2.15. The van der Waals surface area contributed by atoms with E-state index in [2.05, 4.69) is 5.32 Å². The number of hydrogen-bond acceptors (Lipinski definition) is 3. The Morgan fingerprint density at radius 3 is 2.31 bits per heavy atom. The molecule has 1 atom stereocenters. The van der Waals surface area contributed by atoms with Crippen LogP contribution in [0.4, 0.5) is 4.39 Å². The second kappa shape index (κ2) is 5.70. The third kappa shape index (κ3) is 2.64. The van der Waals surface area contributed by atoms with E-state index >= 15 is 0 Å². The molecule has 4 heteroatoms. The van der Waals surface area contributed by atoms with Crippen molar-refractivity contribution in [3.05, 3.63) is 23.3 Å². The molecule has 0 heterocycles. The Balaban J connectivity index is 3.10. The molecule has 1 aromatic rings. The molecule has 0 amide bonds. The van der Waals surface area contributed by atoms with E-state index in [-0.39, 0.29) is 6.54 Å². The van der Waals surface area contributed by atoms with Gasteiger partial charge in [0.05, 0.1) is 14.2 Å². The molecule has 0 saturated heterocycles. The van der Waals surface area contributed by atoms with Crippen molar-refractivity contribution < 1.29 is 13.9 Å². The van der Waals surface area contributed by atoms with E-state index in [1.54, 1.807) is 33.4 Å². The summed E-state index contributed by atoms with van der Waals surface area (Å²) in [6, 6.07) is 3.48. The zero-order valence-electron chi connectivity index (χ0n) is 10.1. The van der Waals surface area contributed by atoms with E-state index in [4.69, 9.17) is 9.47 Å². The molecule has 1 unspecified atom stereocenters. The summed E-state index contributed by atoms with van der Waals surface area (Å²) in [5.74, 6) is 1.18. The first-order valence-corrected chi connectivity index (χ1v) is 5.15. The molecule has 0 bridgehead atoms. The van der Waals surface area contributed by atoms with E-state index in [9.17, 15) is 4.39 Å². The first-order valence-electron chi connectivity index (χ1n) is 5.15. The number of nitrogens with one attached hydrogen (secondary N) is 1. The van der Waals surface area contributed by atoms with Crippen LogP contribution in [0.5, 0.6) is 11.5 Å². The van der Waals surface area contributed by atoms with Crippen molar-refractivity contribution in [1.82, 2.24) is 5.32 Å². The van der Waals surface area contributed by atoms with E-state index in [0.717, 1.165) is 5.56 Å². The maximum atomic E-state index is 13.8. The van der Waals surface area contributed by atoms with Gasteiger partial charge < -0.3 is 14.8 Å².